The number of nitrogens with zero attached hydrogens (tertiary/aromatic N) is 6. The zero-order valence-corrected chi connectivity index (χ0v) is 19.8. The SMILES string of the molecule is COc1ccc(C(Nc2cc(-c3ccc4ccn(C)c4c3)c3nccnc3c2)c2cccnc2)nn1. The number of hydrogen-bond acceptors (Lipinski definition) is 7. The minimum atomic E-state index is -0.283. The van der Waals surface area contributed by atoms with E-state index >= 15 is 0 Å². The van der Waals surface area contributed by atoms with Crippen molar-refractivity contribution in [2.75, 3.05) is 12.4 Å². The van der Waals surface area contributed by atoms with Crippen molar-refractivity contribution in [3.8, 4) is 17.0 Å². The molecule has 0 bridgehead atoms. The molecule has 0 aliphatic rings. The van der Waals surface area contributed by atoms with Gasteiger partial charge in [0.1, 0.15) is 0 Å². The molecule has 4 aromatic heterocycles. The summed E-state index contributed by atoms with van der Waals surface area (Å²) in [7, 11) is 3.63. The molecule has 0 saturated carbocycles. The Labute approximate surface area is 207 Å². The second-order valence-corrected chi connectivity index (χ2v) is 8.51. The number of rotatable bonds is 6. The summed E-state index contributed by atoms with van der Waals surface area (Å²) in [5.74, 6) is 0.461. The van der Waals surface area contributed by atoms with Crippen LogP contribution in [-0.4, -0.2) is 36.8 Å². The fourth-order valence-corrected chi connectivity index (χ4v) is 4.44. The number of ether oxygens (including phenoxy) is 1. The first-order valence-electron chi connectivity index (χ1n) is 11.5. The van der Waals surface area contributed by atoms with Crippen LogP contribution in [0.3, 0.4) is 0 Å². The second kappa shape index (κ2) is 9.07. The van der Waals surface area contributed by atoms with Gasteiger partial charge in [0.15, 0.2) is 0 Å². The number of hydrogen-bond donors (Lipinski definition) is 1. The van der Waals surface area contributed by atoms with Crippen molar-refractivity contribution in [1.29, 1.82) is 0 Å². The summed E-state index contributed by atoms with van der Waals surface area (Å²) < 4.78 is 7.32. The third kappa shape index (κ3) is 3.98. The Morgan fingerprint density at radius 3 is 2.64 bits per heavy atom. The molecular weight excluding hydrogens is 450 g/mol. The van der Waals surface area contributed by atoms with Gasteiger partial charge < -0.3 is 14.6 Å². The monoisotopic (exact) mass is 473 g/mol. The lowest BCUT2D eigenvalue weighted by Gasteiger charge is -2.20. The quantitative estimate of drug-likeness (QED) is 0.356. The van der Waals surface area contributed by atoms with Crippen molar-refractivity contribution in [3.05, 3.63) is 103 Å². The minimum absolute atomic E-state index is 0.283. The summed E-state index contributed by atoms with van der Waals surface area (Å²) in [6.07, 6.45) is 9.09. The highest BCUT2D eigenvalue weighted by molar-refractivity contribution is 5.97. The molecule has 176 valence electrons. The number of aryl methyl sites for hydroxylation is 1. The van der Waals surface area contributed by atoms with Crippen LogP contribution >= 0.6 is 0 Å². The number of anilines is 1. The van der Waals surface area contributed by atoms with Gasteiger partial charge in [-0.25, -0.2) is 0 Å². The Morgan fingerprint density at radius 1 is 0.917 bits per heavy atom. The molecule has 0 spiro atoms. The third-order valence-corrected chi connectivity index (χ3v) is 6.27. The summed E-state index contributed by atoms with van der Waals surface area (Å²) in [5.41, 5.74) is 7.46. The molecule has 1 unspecified atom stereocenters. The van der Waals surface area contributed by atoms with Gasteiger partial charge in [-0.1, -0.05) is 18.2 Å². The average molecular weight is 474 g/mol. The van der Waals surface area contributed by atoms with Crippen molar-refractivity contribution in [2.45, 2.75) is 6.04 Å². The maximum atomic E-state index is 5.20. The largest absolute Gasteiger partial charge is 0.480 e. The van der Waals surface area contributed by atoms with E-state index in [1.54, 1.807) is 31.8 Å². The number of methoxy groups -OCH3 is 1. The number of benzene rings is 2. The van der Waals surface area contributed by atoms with E-state index in [9.17, 15) is 0 Å². The van der Waals surface area contributed by atoms with E-state index in [1.165, 1.54) is 5.39 Å². The zero-order chi connectivity index (χ0) is 24.5. The van der Waals surface area contributed by atoms with E-state index in [0.717, 1.165) is 44.6 Å². The third-order valence-electron chi connectivity index (χ3n) is 6.27. The number of nitrogens with one attached hydrogen (secondary N) is 1. The maximum Gasteiger partial charge on any atom is 0.233 e. The molecule has 0 amide bonds. The van der Waals surface area contributed by atoms with Gasteiger partial charge in [-0.15, -0.1) is 10.2 Å². The first-order valence-corrected chi connectivity index (χ1v) is 11.5. The topological polar surface area (TPSA) is 90.6 Å². The number of fused-ring (bicyclic) bond motifs is 2. The first kappa shape index (κ1) is 21.7. The van der Waals surface area contributed by atoms with Gasteiger partial charge in [0.2, 0.25) is 5.88 Å². The highest BCUT2D eigenvalue weighted by Gasteiger charge is 2.19. The van der Waals surface area contributed by atoms with Crippen molar-refractivity contribution >= 4 is 27.6 Å². The summed E-state index contributed by atoms with van der Waals surface area (Å²) in [5, 5.41) is 13.4. The summed E-state index contributed by atoms with van der Waals surface area (Å²) in [6, 6.07) is 20.0. The lowest BCUT2D eigenvalue weighted by molar-refractivity contribution is 0.391. The first-order chi connectivity index (χ1) is 17.7. The van der Waals surface area contributed by atoms with Crippen molar-refractivity contribution in [3.63, 3.8) is 0 Å². The molecule has 1 N–H and O–H groups in total. The molecule has 36 heavy (non-hydrogen) atoms. The molecule has 2 aromatic carbocycles. The molecule has 0 aliphatic heterocycles. The van der Waals surface area contributed by atoms with E-state index in [4.69, 9.17) is 4.74 Å². The molecule has 0 aliphatic carbocycles. The summed E-state index contributed by atoms with van der Waals surface area (Å²) >= 11 is 0. The van der Waals surface area contributed by atoms with Crippen molar-refractivity contribution < 1.29 is 4.74 Å². The fourth-order valence-electron chi connectivity index (χ4n) is 4.44. The molecule has 0 radical (unpaired) electrons. The molecule has 0 fully saturated rings. The van der Waals surface area contributed by atoms with E-state index in [0.29, 0.717) is 5.88 Å². The predicted octanol–water partition coefficient (Wildman–Crippen LogP) is 5.18. The highest BCUT2D eigenvalue weighted by Crippen LogP contribution is 2.34. The summed E-state index contributed by atoms with van der Waals surface area (Å²) in [4.78, 5) is 13.6. The predicted molar refractivity (Wildman–Crippen MR) is 140 cm³/mol. The van der Waals surface area contributed by atoms with Crippen LogP contribution in [0.5, 0.6) is 5.88 Å². The molecule has 8 heteroatoms. The van der Waals surface area contributed by atoms with Crippen LogP contribution in [0.2, 0.25) is 0 Å². The van der Waals surface area contributed by atoms with Crippen LogP contribution in [0.1, 0.15) is 17.3 Å². The lowest BCUT2D eigenvalue weighted by atomic mass is 10.00. The van der Waals surface area contributed by atoms with Gasteiger partial charge in [0.25, 0.3) is 0 Å². The van der Waals surface area contributed by atoms with Gasteiger partial charge in [-0.05, 0) is 52.9 Å². The maximum absolute atomic E-state index is 5.20. The Bertz CT molecular complexity index is 1660. The van der Waals surface area contributed by atoms with Gasteiger partial charge in [-0.3, -0.25) is 15.0 Å². The minimum Gasteiger partial charge on any atom is -0.480 e. The normalized spacial score (nSPS) is 12.1. The van der Waals surface area contributed by atoms with Gasteiger partial charge in [-0.2, -0.15) is 0 Å². The lowest BCUT2D eigenvalue weighted by Crippen LogP contribution is -2.15. The van der Waals surface area contributed by atoms with Gasteiger partial charge >= 0.3 is 0 Å². The van der Waals surface area contributed by atoms with E-state index < -0.39 is 0 Å². The van der Waals surface area contributed by atoms with E-state index in [1.807, 2.05) is 30.5 Å². The molecule has 0 saturated heterocycles. The van der Waals surface area contributed by atoms with Gasteiger partial charge in [0, 0.05) is 60.9 Å². The van der Waals surface area contributed by atoms with Crippen LogP contribution in [0.15, 0.2) is 91.6 Å². The van der Waals surface area contributed by atoms with Crippen LogP contribution in [0.4, 0.5) is 5.69 Å². The van der Waals surface area contributed by atoms with Crippen molar-refractivity contribution in [2.24, 2.45) is 7.05 Å². The Hall–Kier alpha value is -4.85. The molecule has 4 heterocycles. The standard InChI is InChI=1S/C28H23N7O/c1-35-13-9-18-5-6-19(14-25(18)35)22-15-21(16-24-28(22)31-12-11-30-24)32-27(20-4-3-10-29-17-20)23-7-8-26(36-2)34-33-23/h3-17,27,32H,1-2H3. The zero-order valence-electron chi connectivity index (χ0n) is 19.8. The van der Waals surface area contributed by atoms with Gasteiger partial charge in [0.05, 0.1) is 29.9 Å². The van der Waals surface area contributed by atoms with Crippen molar-refractivity contribution in [1.82, 2.24) is 29.7 Å². The van der Waals surface area contributed by atoms with Crippen LogP contribution < -0.4 is 10.1 Å². The number of pyridine rings is 1. The van der Waals surface area contributed by atoms with E-state index in [-0.39, 0.29) is 6.04 Å². The smallest absolute Gasteiger partial charge is 0.233 e. The highest BCUT2D eigenvalue weighted by atomic mass is 16.5. The fraction of sp³-hybridized carbons (Fsp3) is 0.107. The Morgan fingerprint density at radius 2 is 1.83 bits per heavy atom. The molecule has 6 rings (SSSR count). The second-order valence-electron chi connectivity index (χ2n) is 8.51. The molecular formula is C28H23N7O. The van der Waals surface area contributed by atoms with Crippen LogP contribution in [-0.2, 0) is 7.05 Å². The molecule has 8 nitrogen and oxygen atoms in total. The molecule has 6 aromatic rings. The number of aromatic nitrogens is 6. The Balaban J connectivity index is 1.48. The van der Waals surface area contributed by atoms with Crippen LogP contribution in [0, 0.1) is 0 Å². The summed E-state index contributed by atoms with van der Waals surface area (Å²) in [6.45, 7) is 0. The van der Waals surface area contributed by atoms with E-state index in [2.05, 4.69) is 78.6 Å². The van der Waals surface area contributed by atoms with Crippen LogP contribution in [0.25, 0.3) is 33.1 Å². The average Bonchev–Trinajstić information content (AvgIpc) is 3.31. The Kier molecular flexibility index (Phi) is 5.46. The molecule has 1 atom stereocenters.